The second-order valence-corrected chi connectivity index (χ2v) is 2.73. The van der Waals surface area contributed by atoms with Gasteiger partial charge < -0.3 is 9.84 Å². The molecular weight excluding hydrogens is 259 g/mol. The molecule has 0 saturated carbocycles. The average Bonchev–Trinajstić information content (AvgIpc) is 2.36. The van der Waals surface area contributed by atoms with Crippen LogP contribution in [0, 0.1) is 6.92 Å². The molecule has 0 aromatic carbocycles. The second-order valence-electron chi connectivity index (χ2n) is 1.96. The Hall–Kier alpha value is -0.590. The molecule has 60 valence electrons. The Balaban J connectivity index is 2.69. The minimum Gasteiger partial charge on any atom is -0.361 e. The maximum absolute atomic E-state index is 11.0. The Bertz CT molecular complexity index is 259. The number of carbonyl (C=O) groups excluding carboxylic acids is 1. The number of halogens is 1. The fourth-order valence-corrected chi connectivity index (χ4v) is 0.971. The number of aromatic nitrogens is 1. The number of amides is 1. The van der Waals surface area contributed by atoms with Crippen LogP contribution in [0.5, 0.6) is 0 Å². The van der Waals surface area contributed by atoms with Crippen molar-refractivity contribution in [1.82, 2.24) is 10.5 Å². The van der Waals surface area contributed by atoms with E-state index >= 15 is 0 Å². The Labute approximate surface area is 77.5 Å². The van der Waals surface area contributed by atoms with E-state index in [1.807, 2.05) is 22.6 Å². The van der Waals surface area contributed by atoms with Gasteiger partial charge in [0.2, 0.25) is 0 Å². The molecule has 0 radical (unpaired) electrons. The quantitative estimate of drug-likeness (QED) is 0.495. The highest BCUT2D eigenvalue weighted by atomic mass is 127. The summed E-state index contributed by atoms with van der Waals surface area (Å²) >= 11 is 2.05. The summed E-state index contributed by atoms with van der Waals surface area (Å²) in [6.07, 6.45) is 0. The summed E-state index contributed by atoms with van der Waals surface area (Å²) in [5.41, 5.74) is 0.333. The van der Waals surface area contributed by atoms with Gasteiger partial charge in [0.15, 0.2) is 5.69 Å². The molecule has 1 amide bonds. The number of alkyl halides is 1. The van der Waals surface area contributed by atoms with Crippen LogP contribution in [-0.2, 0) is 0 Å². The van der Waals surface area contributed by atoms with Crippen molar-refractivity contribution in [3.8, 4) is 0 Å². The Morgan fingerprint density at radius 1 is 1.91 bits per heavy atom. The molecule has 0 atom stereocenters. The van der Waals surface area contributed by atoms with Crippen molar-refractivity contribution in [2.24, 2.45) is 0 Å². The minimum atomic E-state index is -0.198. The Morgan fingerprint density at radius 2 is 2.64 bits per heavy atom. The van der Waals surface area contributed by atoms with Gasteiger partial charge in [-0.3, -0.25) is 4.79 Å². The van der Waals surface area contributed by atoms with Crippen LogP contribution in [0.3, 0.4) is 0 Å². The van der Waals surface area contributed by atoms with Gasteiger partial charge in [-0.15, -0.1) is 0 Å². The molecule has 0 aliphatic rings. The normalized spacial score (nSPS) is 9.64. The molecule has 0 unspecified atom stereocenters. The molecular formula is C6H7IN2O2. The van der Waals surface area contributed by atoms with E-state index in [1.54, 1.807) is 13.0 Å². The summed E-state index contributed by atoms with van der Waals surface area (Å²) < 4.78 is 5.29. The van der Waals surface area contributed by atoms with Gasteiger partial charge in [0.05, 0.1) is 4.55 Å². The van der Waals surface area contributed by atoms with Gasteiger partial charge in [0.25, 0.3) is 5.91 Å². The van der Waals surface area contributed by atoms with Gasteiger partial charge >= 0.3 is 0 Å². The highest BCUT2D eigenvalue weighted by Crippen LogP contribution is 2.00. The number of hydrogen-bond donors (Lipinski definition) is 1. The third kappa shape index (κ3) is 2.18. The van der Waals surface area contributed by atoms with E-state index in [1.165, 1.54) is 0 Å². The maximum atomic E-state index is 11.0. The zero-order valence-corrected chi connectivity index (χ0v) is 8.08. The largest absolute Gasteiger partial charge is 0.361 e. The Kier molecular flexibility index (Phi) is 2.86. The molecule has 5 heteroatoms. The van der Waals surface area contributed by atoms with Crippen molar-refractivity contribution >= 4 is 28.5 Å². The topological polar surface area (TPSA) is 55.1 Å². The first-order valence-electron chi connectivity index (χ1n) is 3.01. The number of nitrogens with one attached hydrogen (secondary N) is 1. The van der Waals surface area contributed by atoms with Crippen LogP contribution in [0.15, 0.2) is 10.6 Å². The van der Waals surface area contributed by atoms with E-state index in [-0.39, 0.29) is 5.91 Å². The summed E-state index contributed by atoms with van der Waals surface area (Å²) in [5, 5.41) is 6.14. The van der Waals surface area contributed by atoms with Crippen molar-refractivity contribution < 1.29 is 9.32 Å². The lowest BCUT2D eigenvalue weighted by Crippen LogP contribution is -2.21. The lowest BCUT2D eigenvalue weighted by Gasteiger charge is -1.93. The smallest absolute Gasteiger partial charge is 0.274 e. The van der Waals surface area contributed by atoms with Gasteiger partial charge in [-0.05, 0) is 6.92 Å². The standard InChI is InChI=1S/C6H7IN2O2/c1-4-2-5(9-11-4)6(10)8-3-7/h2H,3H2,1H3,(H,8,10). The zero-order chi connectivity index (χ0) is 8.27. The third-order valence-corrected chi connectivity index (χ3v) is 1.47. The van der Waals surface area contributed by atoms with Gasteiger partial charge in [-0.2, -0.15) is 0 Å². The monoisotopic (exact) mass is 266 g/mol. The van der Waals surface area contributed by atoms with Gasteiger partial charge in [0.1, 0.15) is 5.76 Å². The fraction of sp³-hybridized carbons (Fsp3) is 0.333. The summed E-state index contributed by atoms with van der Waals surface area (Å²) in [6, 6.07) is 1.60. The maximum Gasteiger partial charge on any atom is 0.274 e. The summed E-state index contributed by atoms with van der Waals surface area (Å²) in [7, 11) is 0. The molecule has 1 rings (SSSR count). The number of nitrogens with zero attached hydrogens (tertiary/aromatic N) is 1. The molecule has 0 aliphatic carbocycles. The van der Waals surface area contributed by atoms with Crippen LogP contribution in [0.4, 0.5) is 0 Å². The van der Waals surface area contributed by atoms with Crippen LogP contribution >= 0.6 is 22.6 Å². The second kappa shape index (κ2) is 3.70. The van der Waals surface area contributed by atoms with E-state index in [2.05, 4.69) is 10.5 Å². The first-order chi connectivity index (χ1) is 5.24. The van der Waals surface area contributed by atoms with E-state index in [9.17, 15) is 4.79 Å². The van der Waals surface area contributed by atoms with Crippen LogP contribution in [0.25, 0.3) is 0 Å². The van der Waals surface area contributed by atoms with E-state index < -0.39 is 0 Å². The van der Waals surface area contributed by atoms with Crippen LogP contribution in [0.2, 0.25) is 0 Å². The predicted molar refractivity (Wildman–Crippen MR) is 47.6 cm³/mol. The number of aryl methyl sites for hydroxylation is 1. The molecule has 1 N–H and O–H groups in total. The molecule has 1 aromatic heterocycles. The molecule has 0 fully saturated rings. The lowest BCUT2D eigenvalue weighted by atomic mass is 10.4. The van der Waals surface area contributed by atoms with Crippen LogP contribution < -0.4 is 5.32 Å². The van der Waals surface area contributed by atoms with E-state index in [0.717, 1.165) is 0 Å². The molecule has 4 nitrogen and oxygen atoms in total. The molecule has 0 spiro atoms. The number of rotatable bonds is 2. The van der Waals surface area contributed by atoms with Crippen molar-refractivity contribution in [3.05, 3.63) is 17.5 Å². The summed E-state index contributed by atoms with van der Waals surface area (Å²) in [5.74, 6) is 0.444. The number of carbonyl (C=O) groups is 1. The first kappa shape index (κ1) is 8.51. The zero-order valence-electron chi connectivity index (χ0n) is 5.93. The molecule has 1 aromatic rings. The molecule has 11 heavy (non-hydrogen) atoms. The average molecular weight is 266 g/mol. The van der Waals surface area contributed by atoms with Crippen molar-refractivity contribution in [3.63, 3.8) is 0 Å². The summed E-state index contributed by atoms with van der Waals surface area (Å²) in [6.45, 7) is 1.74. The van der Waals surface area contributed by atoms with Crippen molar-refractivity contribution in [2.75, 3.05) is 4.55 Å². The highest BCUT2D eigenvalue weighted by Gasteiger charge is 2.08. The predicted octanol–water partition coefficient (Wildman–Crippen LogP) is 1.11. The van der Waals surface area contributed by atoms with E-state index in [4.69, 9.17) is 4.52 Å². The minimum absolute atomic E-state index is 0.198. The Morgan fingerprint density at radius 3 is 3.09 bits per heavy atom. The van der Waals surface area contributed by atoms with Gasteiger partial charge in [-0.25, -0.2) is 0 Å². The van der Waals surface area contributed by atoms with Crippen molar-refractivity contribution in [2.45, 2.75) is 6.92 Å². The van der Waals surface area contributed by atoms with Crippen LogP contribution in [-0.4, -0.2) is 15.6 Å². The van der Waals surface area contributed by atoms with Crippen molar-refractivity contribution in [1.29, 1.82) is 0 Å². The number of hydrogen-bond acceptors (Lipinski definition) is 3. The molecule has 1 heterocycles. The molecule has 0 saturated heterocycles. The highest BCUT2D eigenvalue weighted by molar-refractivity contribution is 14.1. The first-order valence-corrected chi connectivity index (χ1v) is 4.54. The molecule has 0 bridgehead atoms. The lowest BCUT2D eigenvalue weighted by molar-refractivity contribution is 0.0953. The third-order valence-electron chi connectivity index (χ3n) is 1.09. The van der Waals surface area contributed by atoms with Crippen LogP contribution in [0.1, 0.15) is 16.2 Å². The van der Waals surface area contributed by atoms with Gasteiger partial charge in [0, 0.05) is 6.07 Å². The van der Waals surface area contributed by atoms with E-state index in [0.29, 0.717) is 16.0 Å². The van der Waals surface area contributed by atoms with Gasteiger partial charge in [-0.1, -0.05) is 27.7 Å². The fourth-order valence-electron chi connectivity index (χ4n) is 0.625. The SMILES string of the molecule is Cc1cc(C(=O)NCI)no1. The summed E-state index contributed by atoms with van der Waals surface area (Å²) in [4.78, 5) is 11.0. The molecule has 0 aliphatic heterocycles.